The summed E-state index contributed by atoms with van der Waals surface area (Å²) >= 11 is 1.52. The number of aryl methyl sites for hydroxylation is 3. The minimum absolute atomic E-state index is 0.180. The number of carboxylic acids is 1. The van der Waals surface area contributed by atoms with E-state index in [0.29, 0.717) is 16.5 Å². The molecule has 132 valence electrons. The van der Waals surface area contributed by atoms with Crippen LogP contribution in [0.15, 0.2) is 6.07 Å². The number of carbonyl (C=O) groups excluding carboxylic acids is 1. The predicted molar refractivity (Wildman–Crippen MR) is 91.6 cm³/mol. The van der Waals surface area contributed by atoms with Crippen LogP contribution in [0.25, 0.3) is 0 Å². The van der Waals surface area contributed by atoms with E-state index in [9.17, 15) is 14.7 Å². The first-order valence-electron chi connectivity index (χ1n) is 8.58. The number of fused-ring (bicyclic) bond motifs is 2. The highest BCUT2D eigenvalue weighted by Gasteiger charge is 2.37. The average Bonchev–Trinajstić information content (AvgIpc) is 3.10. The molecule has 7 nitrogen and oxygen atoms in total. The highest BCUT2D eigenvalue weighted by atomic mass is 32.1. The van der Waals surface area contributed by atoms with Crippen molar-refractivity contribution in [2.24, 2.45) is 0 Å². The minimum Gasteiger partial charge on any atom is -0.480 e. The molecular weight excluding hydrogens is 340 g/mol. The molecule has 3 heterocycles. The zero-order chi connectivity index (χ0) is 17.6. The van der Waals surface area contributed by atoms with Gasteiger partial charge in [0.05, 0.1) is 18.0 Å². The Bertz CT molecular complexity index is 818. The van der Waals surface area contributed by atoms with E-state index in [4.69, 9.17) is 0 Å². The lowest BCUT2D eigenvalue weighted by molar-refractivity contribution is -0.143. The van der Waals surface area contributed by atoms with E-state index in [1.807, 2.05) is 6.07 Å². The maximum Gasteiger partial charge on any atom is 0.328 e. The first-order chi connectivity index (χ1) is 12.0. The second-order valence-electron chi connectivity index (χ2n) is 6.68. The lowest BCUT2D eigenvalue weighted by atomic mass is 10.1. The molecule has 1 unspecified atom stereocenters. The number of hydrogen-bond acceptors (Lipinski definition) is 5. The molecule has 1 N–H and O–H groups in total. The number of carboxylic acid groups (broad SMARTS) is 1. The van der Waals surface area contributed by atoms with Gasteiger partial charge in [0.15, 0.2) is 5.82 Å². The van der Waals surface area contributed by atoms with Crippen molar-refractivity contribution >= 4 is 23.2 Å². The summed E-state index contributed by atoms with van der Waals surface area (Å²) < 4.78 is 1.78. The molecule has 0 aromatic carbocycles. The number of aliphatic carboxylic acids is 1. The van der Waals surface area contributed by atoms with Gasteiger partial charge in [-0.1, -0.05) is 6.42 Å². The molecule has 0 saturated carbocycles. The van der Waals surface area contributed by atoms with Crippen molar-refractivity contribution in [3.63, 3.8) is 0 Å². The van der Waals surface area contributed by atoms with Crippen molar-refractivity contribution in [2.75, 3.05) is 0 Å². The lowest BCUT2D eigenvalue weighted by Crippen LogP contribution is -2.50. The lowest BCUT2D eigenvalue weighted by Gasteiger charge is -2.33. The van der Waals surface area contributed by atoms with E-state index in [2.05, 4.69) is 10.2 Å². The number of amides is 1. The monoisotopic (exact) mass is 360 g/mol. The summed E-state index contributed by atoms with van der Waals surface area (Å²) in [5.41, 5.74) is 1.26. The number of hydrogen-bond donors (Lipinski definition) is 1. The molecule has 0 fully saturated rings. The SMILES string of the molecule is Cc1nnc2n1CC(C(=O)O)N(C(=O)c1cc3c(s1)CCCCC3)C2. The van der Waals surface area contributed by atoms with Crippen molar-refractivity contribution in [2.45, 2.75) is 58.2 Å². The number of rotatable bonds is 2. The number of aromatic nitrogens is 3. The second-order valence-corrected chi connectivity index (χ2v) is 7.82. The fourth-order valence-electron chi connectivity index (χ4n) is 3.65. The molecule has 1 aliphatic carbocycles. The fourth-order valence-corrected chi connectivity index (χ4v) is 4.86. The third kappa shape index (κ3) is 2.84. The van der Waals surface area contributed by atoms with Crippen LogP contribution in [0.3, 0.4) is 0 Å². The molecule has 2 aliphatic rings. The van der Waals surface area contributed by atoms with Crippen molar-refractivity contribution in [1.82, 2.24) is 19.7 Å². The molecule has 0 radical (unpaired) electrons. The smallest absolute Gasteiger partial charge is 0.328 e. The van der Waals surface area contributed by atoms with Crippen LogP contribution in [0.5, 0.6) is 0 Å². The van der Waals surface area contributed by atoms with Crippen LogP contribution in [0, 0.1) is 6.92 Å². The van der Waals surface area contributed by atoms with Gasteiger partial charge >= 0.3 is 5.97 Å². The van der Waals surface area contributed by atoms with E-state index < -0.39 is 12.0 Å². The minimum atomic E-state index is -0.995. The summed E-state index contributed by atoms with van der Waals surface area (Å²) in [6.07, 6.45) is 5.57. The Labute approximate surface area is 149 Å². The Kier molecular flexibility index (Phi) is 4.07. The molecule has 1 atom stereocenters. The van der Waals surface area contributed by atoms with E-state index in [0.717, 1.165) is 25.7 Å². The maximum atomic E-state index is 13.1. The standard InChI is InChI=1S/C17H20N4O3S/c1-10-18-19-15-9-21(12(17(23)24)8-20(10)15)16(22)14-7-11-5-3-2-4-6-13(11)25-14/h7,12H,2-6,8-9H2,1H3,(H,23,24). The predicted octanol–water partition coefficient (Wildman–Crippen LogP) is 2.03. The van der Waals surface area contributed by atoms with Crippen molar-refractivity contribution < 1.29 is 14.7 Å². The molecule has 0 saturated heterocycles. The molecule has 1 amide bonds. The van der Waals surface area contributed by atoms with E-state index in [-0.39, 0.29) is 19.0 Å². The first-order valence-corrected chi connectivity index (χ1v) is 9.40. The Morgan fingerprint density at radius 3 is 2.84 bits per heavy atom. The topological polar surface area (TPSA) is 88.3 Å². The average molecular weight is 360 g/mol. The highest BCUT2D eigenvalue weighted by molar-refractivity contribution is 7.14. The summed E-state index contributed by atoms with van der Waals surface area (Å²) in [6.45, 7) is 2.17. The Morgan fingerprint density at radius 1 is 1.24 bits per heavy atom. The third-order valence-electron chi connectivity index (χ3n) is 5.06. The Balaban J connectivity index is 1.65. The van der Waals surface area contributed by atoms with E-state index in [1.165, 1.54) is 33.1 Å². The van der Waals surface area contributed by atoms with Gasteiger partial charge in [0, 0.05) is 4.88 Å². The van der Waals surface area contributed by atoms with Gasteiger partial charge in [-0.3, -0.25) is 4.79 Å². The quantitative estimate of drug-likeness (QED) is 0.828. The molecule has 0 spiro atoms. The summed E-state index contributed by atoms with van der Waals surface area (Å²) in [7, 11) is 0. The van der Waals surface area contributed by atoms with Gasteiger partial charge in [-0.15, -0.1) is 21.5 Å². The molecule has 25 heavy (non-hydrogen) atoms. The van der Waals surface area contributed by atoms with Gasteiger partial charge in [-0.2, -0.15) is 0 Å². The van der Waals surface area contributed by atoms with Crippen LogP contribution in [0.2, 0.25) is 0 Å². The summed E-state index contributed by atoms with van der Waals surface area (Å²) in [5.74, 6) is 0.111. The molecule has 2 aromatic rings. The fraction of sp³-hybridized carbons (Fsp3) is 0.529. The normalized spacial score (nSPS) is 19.9. The number of carbonyl (C=O) groups is 2. The molecule has 4 rings (SSSR count). The van der Waals surface area contributed by atoms with Gasteiger partial charge in [0.25, 0.3) is 5.91 Å². The van der Waals surface area contributed by atoms with Crippen LogP contribution in [-0.2, 0) is 30.7 Å². The second kappa shape index (κ2) is 6.25. The summed E-state index contributed by atoms with van der Waals surface area (Å²) in [5, 5.41) is 17.7. The first kappa shape index (κ1) is 16.3. The molecule has 1 aliphatic heterocycles. The largest absolute Gasteiger partial charge is 0.480 e. The van der Waals surface area contributed by atoms with Gasteiger partial charge in [-0.25, -0.2) is 4.79 Å². The summed E-state index contributed by atoms with van der Waals surface area (Å²) in [4.78, 5) is 28.1. The maximum absolute atomic E-state index is 13.1. The molecular formula is C17H20N4O3S. The van der Waals surface area contributed by atoms with Crippen LogP contribution in [-0.4, -0.2) is 42.7 Å². The van der Waals surface area contributed by atoms with Crippen LogP contribution < -0.4 is 0 Å². The van der Waals surface area contributed by atoms with Crippen molar-refractivity contribution in [3.8, 4) is 0 Å². The van der Waals surface area contributed by atoms with Crippen LogP contribution in [0.4, 0.5) is 0 Å². The van der Waals surface area contributed by atoms with Gasteiger partial charge in [-0.05, 0) is 44.2 Å². The third-order valence-corrected chi connectivity index (χ3v) is 6.28. The zero-order valence-corrected chi connectivity index (χ0v) is 14.9. The molecule has 0 bridgehead atoms. The van der Waals surface area contributed by atoms with E-state index in [1.54, 1.807) is 11.5 Å². The zero-order valence-electron chi connectivity index (χ0n) is 14.1. The summed E-state index contributed by atoms with van der Waals surface area (Å²) in [6, 6.07) is 1.08. The highest BCUT2D eigenvalue weighted by Crippen LogP contribution is 2.31. The van der Waals surface area contributed by atoms with Gasteiger partial charge in [0.1, 0.15) is 11.9 Å². The van der Waals surface area contributed by atoms with Gasteiger partial charge < -0.3 is 14.6 Å². The van der Waals surface area contributed by atoms with Gasteiger partial charge in [0.2, 0.25) is 0 Å². The van der Waals surface area contributed by atoms with E-state index >= 15 is 0 Å². The van der Waals surface area contributed by atoms with Crippen molar-refractivity contribution in [1.29, 1.82) is 0 Å². The van der Waals surface area contributed by atoms with Crippen LogP contribution in [0.1, 0.15) is 51.0 Å². The molecule has 8 heteroatoms. The molecule has 2 aromatic heterocycles. The van der Waals surface area contributed by atoms with Crippen molar-refractivity contribution in [3.05, 3.63) is 33.0 Å². The Morgan fingerprint density at radius 2 is 2.04 bits per heavy atom. The van der Waals surface area contributed by atoms with Crippen LogP contribution >= 0.6 is 11.3 Å². The number of thiophene rings is 1. The number of nitrogens with zero attached hydrogens (tertiary/aromatic N) is 4. The Hall–Kier alpha value is -2.22.